The van der Waals surface area contributed by atoms with Crippen LogP contribution in [0, 0.1) is 0 Å². The van der Waals surface area contributed by atoms with Crippen molar-refractivity contribution in [2.45, 2.75) is 19.4 Å². The van der Waals surface area contributed by atoms with Crippen molar-refractivity contribution in [1.82, 2.24) is 9.97 Å². The number of carbonyl (C=O) groups excluding carboxylic acids is 2. The van der Waals surface area contributed by atoms with Crippen LogP contribution in [0.15, 0.2) is 85.7 Å². The Kier molecular flexibility index (Phi) is 6.03. The van der Waals surface area contributed by atoms with Crippen LogP contribution in [0.3, 0.4) is 0 Å². The summed E-state index contributed by atoms with van der Waals surface area (Å²) in [4.78, 5) is 31.6. The van der Waals surface area contributed by atoms with Crippen LogP contribution in [0.25, 0.3) is 22.2 Å². The third-order valence-electron chi connectivity index (χ3n) is 5.02. The van der Waals surface area contributed by atoms with Crippen LogP contribution >= 0.6 is 0 Å². The standard InChI is InChI=1S/C26H22N2O3/c1-2-22(29)12-19-9-6-10-21(11-19)24-16-28-26-23(24)13-20(15-27-26)14-25(30)31-17-18-7-4-3-5-8-18/h2-11,13,15-16H,1,12,14,17H2,(H,27,28). The summed E-state index contributed by atoms with van der Waals surface area (Å²) in [5.74, 6) is -0.318. The third-order valence-corrected chi connectivity index (χ3v) is 5.02. The summed E-state index contributed by atoms with van der Waals surface area (Å²) in [7, 11) is 0. The summed E-state index contributed by atoms with van der Waals surface area (Å²) < 4.78 is 5.39. The van der Waals surface area contributed by atoms with E-state index in [4.69, 9.17) is 4.74 Å². The Morgan fingerprint density at radius 3 is 2.58 bits per heavy atom. The Balaban J connectivity index is 1.52. The molecule has 2 heterocycles. The van der Waals surface area contributed by atoms with Crippen LogP contribution in [0.2, 0.25) is 0 Å². The number of carbonyl (C=O) groups is 2. The summed E-state index contributed by atoms with van der Waals surface area (Å²) in [6, 6.07) is 19.4. The van der Waals surface area contributed by atoms with Gasteiger partial charge in [-0.15, -0.1) is 0 Å². The van der Waals surface area contributed by atoms with Gasteiger partial charge < -0.3 is 9.72 Å². The van der Waals surface area contributed by atoms with Crippen molar-refractivity contribution in [3.8, 4) is 11.1 Å². The Morgan fingerprint density at radius 2 is 1.77 bits per heavy atom. The number of aromatic amines is 1. The molecule has 5 heteroatoms. The lowest BCUT2D eigenvalue weighted by atomic mass is 10.00. The molecular weight excluding hydrogens is 388 g/mol. The Labute approximate surface area is 180 Å². The lowest BCUT2D eigenvalue weighted by Gasteiger charge is -2.06. The quantitative estimate of drug-likeness (QED) is 0.334. The summed E-state index contributed by atoms with van der Waals surface area (Å²) >= 11 is 0. The van der Waals surface area contributed by atoms with Crippen LogP contribution in [0.1, 0.15) is 16.7 Å². The minimum Gasteiger partial charge on any atom is -0.461 e. The fraction of sp³-hybridized carbons (Fsp3) is 0.115. The molecular formula is C26H22N2O3. The number of rotatable bonds is 8. The number of esters is 1. The maximum Gasteiger partial charge on any atom is 0.310 e. The minimum absolute atomic E-state index is 0.0194. The van der Waals surface area contributed by atoms with E-state index in [2.05, 4.69) is 16.5 Å². The van der Waals surface area contributed by atoms with Gasteiger partial charge in [-0.05, 0) is 34.4 Å². The van der Waals surface area contributed by atoms with Gasteiger partial charge in [-0.3, -0.25) is 9.59 Å². The van der Waals surface area contributed by atoms with Gasteiger partial charge in [0.25, 0.3) is 0 Å². The average Bonchev–Trinajstić information content (AvgIpc) is 3.22. The maximum atomic E-state index is 12.3. The van der Waals surface area contributed by atoms with Crippen LogP contribution in [-0.4, -0.2) is 21.7 Å². The molecule has 0 amide bonds. The van der Waals surface area contributed by atoms with E-state index in [9.17, 15) is 9.59 Å². The first kappa shape index (κ1) is 20.3. The number of hydrogen-bond acceptors (Lipinski definition) is 4. The number of hydrogen-bond donors (Lipinski definition) is 1. The summed E-state index contributed by atoms with van der Waals surface area (Å²) in [6.07, 6.45) is 5.38. The number of pyridine rings is 1. The van der Waals surface area contributed by atoms with Crippen molar-refractivity contribution < 1.29 is 14.3 Å². The van der Waals surface area contributed by atoms with E-state index in [0.717, 1.165) is 38.9 Å². The number of nitrogens with zero attached hydrogens (tertiary/aromatic N) is 1. The van der Waals surface area contributed by atoms with Gasteiger partial charge in [0, 0.05) is 29.8 Å². The van der Waals surface area contributed by atoms with Crippen molar-refractivity contribution >= 4 is 22.8 Å². The number of allylic oxidation sites excluding steroid dienone is 1. The predicted octanol–water partition coefficient (Wildman–Crippen LogP) is 4.81. The number of fused-ring (bicyclic) bond motifs is 1. The topological polar surface area (TPSA) is 72.0 Å². The highest BCUT2D eigenvalue weighted by atomic mass is 16.5. The van der Waals surface area contributed by atoms with Gasteiger partial charge in [0.05, 0.1) is 6.42 Å². The first-order chi connectivity index (χ1) is 15.1. The molecule has 0 saturated heterocycles. The molecule has 31 heavy (non-hydrogen) atoms. The average molecular weight is 410 g/mol. The summed E-state index contributed by atoms with van der Waals surface area (Å²) in [5.41, 5.74) is 5.34. The van der Waals surface area contributed by atoms with Crippen molar-refractivity contribution in [1.29, 1.82) is 0 Å². The van der Waals surface area contributed by atoms with Crippen LogP contribution < -0.4 is 0 Å². The highest BCUT2D eigenvalue weighted by Gasteiger charge is 2.12. The van der Waals surface area contributed by atoms with Gasteiger partial charge in [-0.2, -0.15) is 0 Å². The van der Waals surface area contributed by atoms with Gasteiger partial charge >= 0.3 is 5.97 Å². The maximum absolute atomic E-state index is 12.3. The lowest BCUT2D eigenvalue weighted by molar-refractivity contribution is -0.144. The molecule has 5 nitrogen and oxygen atoms in total. The summed E-state index contributed by atoms with van der Waals surface area (Å²) in [5, 5.41) is 0.917. The number of H-pyrrole nitrogens is 1. The number of ketones is 1. The minimum atomic E-state index is -0.299. The molecule has 154 valence electrons. The first-order valence-corrected chi connectivity index (χ1v) is 10.0. The largest absolute Gasteiger partial charge is 0.461 e. The van der Waals surface area contributed by atoms with E-state index >= 15 is 0 Å². The molecule has 0 bridgehead atoms. The van der Waals surface area contributed by atoms with E-state index in [1.807, 2.05) is 66.9 Å². The van der Waals surface area contributed by atoms with E-state index in [0.29, 0.717) is 6.42 Å². The second-order valence-corrected chi connectivity index (χ2v) is 7.31. The Hall–Kier alpha value is -3.99. The van der Waals surface area contributed by atoms with Crippen molar-refractivity contribution in [3.63, 3.8) is 0 Å². The van der Waals surface area contributed by atoms with Crippen LogP contribution in [0.5, 0.6) is 0 Å². The zero-order valence-electron chi connectivity index (χ0n) is 17.0. The summed E-state index contributed by atoms with van der Waals surface area (Å²) in [6.45, 7) is 3.78. The van der Waals surface area contributed by atoms with Gasteiger partial charge in [0.2, 0.25) is 0 Å². The molecule has 0 spiro atoms. The second-order valence-electron chi connectivity index (χ2n) is 7.31. The third kappa shape index (κ3) is 4.95. The SMILES string of the molecule is C=CC(=O)Cc1cccc(-c2c[nH]c3ncc(CC(=O)OCc4ccccc4)cc23)c1. The highest BCUT2D eigenvalue weighted by molar-refractivity contribution is 5.95. The Bertz CT molecular complexity index is 1240. The first-order valence-electron chi connectivity index (χ1n) is 10.0. The van der Waals surface area contributed by atoms with E-state index in [1.54, 1.807) is 6.20 Å². The molecule has 0 aliphatic heterocycles. The van der Waals surface area contributed by atoms with Gasteiger partial charge in [-0.25, -0.2) is 4.98 Å². The van der Waals surface area contributed by atoms with Gasteiger partial charge in [0.1, 0.15) is 12.3 Å². The van der Waals surface area contributed by atoms with E-state index in [1.165, 1.54) is 6.08 Å². The molecule has 0 fully saturated rings. The molecule has 4 aromatic rings. The fourth-order valence-corrected chi connectivity index (χ4v) is 3.46. The van der Waals surface area contributed by atoms with Crippen LogP contribution in [-0.2, 0) is 33.8 Å². The van der Waals surface area contributed by atoms with Crippen molar-refractivity contribution in [3.05, 3.63) is 102 Å². The smallest absolute Gasteiger partial charge is 0.310 e. The highest BCUT2D eigenvalue weighted by Crippen LogP contribution is 2.29. The molecule has 4 rings (SSSR count). The molecule has 1 N–H and O–H groups in total. The number of benzene rings is 2. The fourth-order valence-electron chi connectivity index (χ4n) is 3.46. The van der Waals surface area contributed by atoms with E-state index in [-0.39, 0.29) is 24.8 Å². The molecule has 2 aromatic carbocycles. The second kappa shape index (κ2) is 9.22. The molecule has 0 atom stereocenters. The molecule has 0 aliphatic carbocycles. The molecule has 0 radical (unpaired) electrons. The molecule has 0 saturated carbocycles. The molecule has 0 aliphatic rings. The zero-order valence-corrected chi connectivity index (χ0v) is 17.0. The zero-order chi connectivity index (χ0) is 21.6. The van der Waals surface area contributed by atoms with Crippen LogP contribution in [0.4, 0.5) is 0 Å². The predicted molar refractivity (Wildman–Crippen MR) is 120 cm³/mol. The van der Waals surface area contributed by atoms with Crippen molar-refractivity contribution in [2.75, 3.05) is 0 Å². The lowest BCUT2D eigenvalue weighted by Crippen LogP contribution is -2.08. The van der Waals surface area contributed by atoms with Crippen molar-refractivity contribution in [2.24, 2.45) is 0 Å². The number of ether oxygens (including phenoxy) is 1. The number of nitrogens with one attached hydrogen (secondary N) is 1. The normalized spacial score (nSPS) is 10.7. The number of aromatic nitrogens is 2. The monoisotopic (exact) mass is 410 g/mol. The molecule has 0 unspecified atom stereocenters. The molecule has 2 aromatic heterocycles. The van der Waals surface area contributed by atoms with Gasteiger partial charge in [0.15, 0.2) is 5.78 Å². The van der Waals surface area contributed by atoms with E-state index < -0.39 is 0 Å². The van der Waals surface area contributed by atoms with Gasteiger partial charge in [-0.1, -0.05) is 61.2 Å². The Morgan fingerprint density at radius 1 is 0.968 bits per heavy atom.